The van der Waals surface area contributed by atoms with Crippen molar-refractivity contribution in [1.29, 1.82) is 0 Å². The molecule has 1 heterocycles. The maximum atomic E-state index is 11.9. The highest BCUT2D eigenvalue weighted by Crippen LogP contribution is 2.20. The summed E-state index contributed by atoms with van der Waals surface area (Å²) >= 11 is 0. The molecule has 0 aliphatic heterocycles. The first-order valence-corrected chi connectivity index (χ1v) is 8.62. The van der Waals surface area contributed by atoms with E-state index in [4.69, 9.17) is 9.47 Å². The van der Waals surface area contributed by atoms with Crippen LogP contribution in [0.2, 0.25) is 0 Å². The minimum atomic E-state index is -0.499. The zero-order valence-electron chi connectivity index (χ0n) is 15.4. The molecule has 26 heavy (non-hydrogen) atoms. The highest BCUT2D eigenvalue weighted by molar-refractivity contribution is 6.01. The van der Waals surface area contributed by atoms with E-state index in [9.17, 15) is 9.59 Å². The van der Waals surface area contributed by atoms with Gasteiger partial charge in [-0.15, -0.1) is 0 Å². The van der Waals surface area contributed by atoms with Crippen molar-refractivity contribution >= 4 is 28.6 Å². The number of H-pyrrole nitrogens is 1. The smallest absolute Gasteiger partial charge is 0.407 e. The van der Waals surface area contributed by atoms with Gasteiger partial charge in [-0.3, -0.25) is 9.89 Å². The first-order chi connectivity index (χ1) is 12.3. The van der Waals surface area contributed by atoms with Gasteiger partial charge in [-0.05, 0) is 45.7 Å². The highest BCUT2D eigenvalue weighted by atomic mass is 16.6. The molecular weight excluding hydrogens is 336 g/mol. The average molecular weight is 362 g/mol. The van der Waals surface area contributed by atoms with Crippen molar-refractivity contribution in [3.8, 4) is 0 Å². The van der Waals surface area contributed by atoms with Gasteiger partial charge in [0.25, 0.3) is 0 Å². The number of nitrogens with zero attached hydrogens (tertiary/aromatic N) is 1. The Morgan fingerprint density at radius 2 is 2.04 bits per heavy atom. The van der Waals surface area contributed by atoms with Crippen molar-refractivity contribution in [3.63, 3.8) is 0 Å². The summed E-state index contributed by atoms with van der Waals surface area (Å²) in [4.78, 5) is 23.4. The van der Waals surface area contributed by atoms with E-state index >= 15 is 0 Å². The van der Waals surface area contributed by atoms with Gasteiger partial charge in [-0.1, -0.05) is 6.07 Å². The maximum absolute atomic E-state index is 11.9. The van der Waals surface area contributed by atoms with Crippen molar-refractivity contribution < 1.29 is 19.1 Å². The average Bonchev–Trinajstić information content (AvgIpc) is 3.02. The van der Waals surface area contributed by atoms with Crippen LogP contribution in [0.15, 0.2) is 24.4 Å². The SMILES string of the molecule is CC(C)(C)OC(=O)NCCCCOCC(=O)Nc1cccc2[nH]ncc12. The van der Waals surface area contributed by atoms with Gasteiger partial charge in [0.05, 0.1) is 17.4 Å². The number of aromatic amines is 1. The number of aromatic nitrogens is 2. The lowest BCUT2D eigenvalue weighted by molar-refractivity contribution is -0.120. The number of unbranched alkanes of at least 4 members (excludes halogenated alkanes) is 1. The number of fused-ring (bicyclic) bond motifs is 1. The van der Waals surface area contributed by atoms with Gasteiger partial charge in [0.2, 0.25) is 5.91 Å². The van der Waals surface area contributed by atoms with Crippen LogP contribution < -0.4 is 10.6 Å². The van der Waals surface area contributed by atoms with Crippen molar-refractivity contribution in [1.82, 2.24) is 15.5 Å². The monoisotopic (exact) mass is 362 g/mol. The van der Waals surface area contributed by atoms with Crippen LogP contribution in [0.25, 0.3) is 10.9 Å². The first kappa shape index (κ1) is 19.7. The van der Waals surface area contributed by atoms with Crippen LogP contribution in [-0.2, 0) is 14.3 Å². The van der Waals surface area contributed by atoms with Crippen molar-refractivity contribution in [2.45, 2.75) is 39.2 Å². The van der Waals surface area contributed by atoms with Crippen molar-refractivity contribution in [2.24, 2.45) is 0 Å². The molecule has 0 aliphatic carbocycles. The number of hydrogen-bond donors (Lipinski definition) is 3. The van der Waals surface area contributed by atoms with Crippen LogP contribution >= 0.6 is 0 Å². The second kappa shape index (κ2) is 9.19. The van der Waals surface area contributed by atoms with E-state index in [2.05, 4.69) is 20.8 Å². The topological polar surface area (TPSA) is 105 Å². The number of amides is 2. The minimum absolute atomic E-state index is 0.0201. The summed E-state index contributed by atoms with van der Waals surface area (Å²) in [6.07, 6.45) is 2.73. The standard InChI is InChI=1S/C18H26N4O4/c1-18(2,3)26-17(24)19-9-4-5-10-25-12-16(23)21-14-7-6-8-15-13(14)11-20-22-15/h6-8,11H,4-5,9-10,12H2,1-3H3,(H,19,24)(H,20,22)(H,21,23). The van der Waals surface area contributed by atoms with Crippen molar-refractivity contribution in [2.75, 3.05) is 25.1 Å². The van der Waals surface area contributed by atoms with Gasteiger partial charge in [0, 0.05) is 18.5 Å². The quantitative estimate of drug-likeness (QED) is 0.626. The molecule has 0 aliphatic rings. The Kier molecular flexibility index (Phi) is 6.97. The third-order valence-electron chi connectivity index (χ3n) is 3.38. The number of nitrogens with one attached hydrogen (secondary N) is 3. The summed E-state index contributed by atoms with van der Waals surface area (Å²) in [5.41, 5.74) is 1.06. The summed E-state index contributed by atoms with van der Waals surface area (Å²) in [5.74, 6) is -0.217. The second-order valence-corrected chi connectivity index (χ2v) is 6.87. The molecule has 0 unspecified atom stereocenters. The Morgan fingerprint density at radius 3 is 2.81 bits per heavy atom. The highest BCUT2D eigenvalue weighted by Gasteiger charge is 2.15. The summed E-state index contributed by atoms with van der Waals surface area (Å²) < 4.78 is 10.5. The fourth-order valence-electron chi connectivity index (χ4n) is 2.26. The van der Waals surface area contributed by atoms with Crippen LogP contribution in [-0.4, -0.2) is 47.6 Å². The fraction of sp³-hybridized carbons (Fsp3) is 0.500. The lowest BCUT2D eigenvalue weighted by atomic mass is 10.2. The Bertz CT molecular complexity index is 736. The molecule has 0 atom stereocenters. The van der Waals surface area contributed by atoms with Crippen LogP contribution in [0.4, 0.5) is 10.5 Å². The Morgan fingerprint density at radius 1 is 1.23 bits per heavy atom. The predicted molar refractivity (Wildman–Crippen MR) is 99.0 cm³/mol. The lowest BCUT2D eigenvalue weighted by Crippen LogP contribution is -2.33. The van der Waals surface area contributed by atoms with Crippen molar-refractivity contribution in [3.05, 3.63) is 24.4 Å². The van der Waals surface area contributed by atoms with Gasteiger partial charge in [-0.25, -0.2) is 4.79 Å². The molecule has 2 rings (SSSR count). The molecule has 2 amide bonds. The molecule has 1 aromatic heterocycles. The van der Waals surface area contributed by atoms with Gasteiger partial charge in [0.1, 0.15) is 12.2 Å². The number of ether oxygens (including phenoxy) is 2. The molecule has 0 bridgehead atoms. The summed E-state index contributed by atoms with van der Waals surface area (Å²) in [7, 11) is 0. The molecule has 1 aromatic carbocycles. The van der Waals surface area contributed by atoms with E-state index in [1.807, 2.05) is 39.0 Å². The van der Waals surface area contributed by atoms with E-state index in [1.54, 1.807) is 6.20 Å². The van der Waals surface area contributed by atoms with E-state index < -0.39 is 11.7 Å². The van der Waals surface area contributed by atoms with E-state index in [-0.39, 0.29) is 12.5 Å². The fourth-order valence-corrected chi connectivity index (χ4v) is 2.26. The molecule has 0 saturated carbocycles. The number of carbonyl (C=O) groups excluding carboxylic acids is 2. The zero-order valence-corrected chi connectivity index (χ0v) is 15.4. The summed E-state index contributed by atoms with van der Waals surface area (Å²) in [6, 6.07) is 5.55. The Hall–Kier alpha value is -2.61. The molecule has 0 saturated heterocycles. The van der Waals surface area contributed by atoms with E-state index in [0.717, 1.165) is 23.7 Å². The Labute approximate surface area is 152 Å². The number of hydrogen-bond acceptors (Lipinski definition) is 5. The number of rotatable bonds is 8. The maximum Gasteiger partial charge on any atom is 0.407 e. The largest absolute Gasteiger partial charge is 0.444 e. The van der Waals surface area contributed by atoms with Crippen LogP contribution in [0.1, 0.15) is 33.6 Å². The molecule has 0 spiro atoms. The number of carbonyl (C=O) groups is 2. The van der Waals surface area contributed by atoms with Crippen LogP contribution in [0.5, 0.6) is 0 Å². The summed E-state index contributed by atoms with van der Waals surface area (Å²) in [6.45, 7) is 6.38. The molecule has 3 N–H and O–H groups in total. The molecule has 8 heteroatoms. The first-order valence-electron chi connectivity index (χ1n) is 8.62. The molecule has 0 fully saturated rings. The number of benzene rings is 1. The Balaban J connectivity index is 1.57. The normalized spacial score (nSPS) is 11.3. The van der Waals surface area contributed by atoms with Gasteiger partial charge >= 0.3 is 6.09 Å². The van der Waals surface area contributed by atoms with E-state index in [1.165, 1.54) is 0 Å². The molecule has 8 nitrogen and oxygen atoms in total. The minimum Gasteiger partial charge on any atom is -0.444 e. The lowest BCUT2D eigenvalue weighted by Gasteiger charge is -2.19. The molecule has 0 radical (unpaired) electrons. The van der Waals surface area contributed by atoms with Crippen LogP contribution in [0.3, 0.4) is 0 Å². The third-order valence-corrected chi connectivity index (χ3v) is 3.38. The predicted octanol–water partition coefficient (Wildman–Crippen LogP) is 2.82. The molecular formula is C18H26N4O4. The number of anilines is 1. The second-order valence-electron chi connectivity index (χ2n) is 6.87. The van der Waals surface area contributed by atoms with Crippen LogP contribution in [0, 0.1) is 0 Å². The summed E-state index contributed by atoms with van der Waals surface area (Å²) in [5, 5.41) is 13.2. The molecule has 2 aromatic rings. The third kappa shape index (κ3) is 6.72. The zero-order chi connectivity index (χ0) is 19.0. The van der Waals surface area contributed by atoms with E-state index in [0.29, 0.717) is 18.8 Å². The van der Waals surface area contributed by atoms with Gasteiger partial charge < -0.3 is 20.1 Å². The molecule has 142 valence electrons. The van der Waals surface area contributed by atoms with Gasteiger partial charge in [-0.2, -0.15) is 5.10 Å². The number of alkyl carbamates (subject to hydrolysis) is 1. The van der Waals surface area contributed by atoms with Gasteiger partial charge in [0.15, 0.2) is 0 Å².